The third-order valence-electron chi connectivity index (χ3n) is 2.44. The molecular weight excluding hydrogens is 204 g/mol. The van der Waals surface area contributed by atoms with Crippen LogP contribution >= 0.6 is 0 Å². The van der Waals surface area contributed by atoms with E-state index in [0.717, 1.165) is 16.5 Å². The molecule has 0 saturated carbocycles. The van der Waals surface area contributed by atoms with E-state index in [1.165, 1.54) is 0 Å². The summed E-state index contributed by atoms with van der Waals surface area (Å²) in [4.78, 5) is 14.8. The minimum Gasteiger partial charge on any atom is -0.480 e. The summed E-state index contributed by atoms with van der Waals surface area (Å²) < 4.78 is 0. The molecule has 0 bridgehead atoms. The van der Waals surface area contributed by atoms with Crippen LogP contribution in [0.4, 0.5) is 0 Å². The quantitative estimate of drug-likeness (QED) is 0.808. The zero-order chi connectivity index (χ0) is 11.5. The van der Waals surface area contributed by atoms with E-state index in [1.807, 2.05) is 30.3 Å². The zero-order valence-electron chi connectivity index (χ0n) is 8.63. The normalized spacial score (nSPS) is 12.6. The highest BCUT2D eigenvalue weighted by molar-refractivity contribution is 5.79. The lowest BCUT2D eigenvalue weighted by Crippen LogP contribution is -2.32. The first kappa shape index (κ1) is 10.6. The molecule has 0 aliphatic rings. The number of fused-ring (bicyclic) bond motifs is 1. The molecular formula is C12H12N2O2. The second kappa shape index (κ2) is 4.28. The molecule has 1 aromatic carbocycles. The van der Waals surface area contributed by atoms with Gasteiger partial charge in [-0.05, 0) is 24.1 Å². The number of aliphatic carboxylic acids is 1. The predicted octanol–water partition coefficient (Wildman–Crippen LogP) is 1.19. The van der Waals surface area contributed by atoms with Crippen molar-refractivity contribution >= 4 is 16.9 Å². The lowest BCUT2D eigenvalue weighted by atomic mass is 10.0. The molecule has 82 valence electrons. The number of rotatable bonds is 3. The maximum atomic E-state index is 10.6. The molecule has 1 atom stereocenters. The highest BCUT2D eigenvalue weighted by atomic mass is 16.4. The average Bonchev–Trinajstić information content (AvgIpc) is 2.28. The maximum absolute atomic E-state index is 10.6. The molecule has 0 amide bonds. The van der Waals surface area contributed by atoms with Gasteiger partial charge in [0.25, 0.3) is 0 Å². The first-order chi connectivity index (χ1) is 7.66. The summed E-state index contributed by atoms with van der Waals surface area (Å²) in [5, 5.41) is 9.75. The van der Waals surface area contributed by atoms with Crippen LogP contribution in [0.3, 0.4) is 0 Å². The van der Waals surface area contributed by atoms with Crippen molar-refractivity contribution in [3.8, 4) is 0 Å². The molecule has 2 rings (SSSR count). The van der Waals surface area contributed by atoms with E-state index in [9.17, 15) is 4.79 Å². The maximum Gasteiger partial charge on any atom is 0.320 e. The van der Waals surface area contributed by atoms with Crippen LogP contribution in [0.5, 0.6) is 0 Å². The van der Waals surface area contributed by atoms with Crippen LogP contribution < -0.4 is 5.73 Å². The lowest BCUT2D eigenvalue weighted by Gasteiger charge is -2.06. The summed E-state index contributed by atoms with van der Waals surface area (Å²) in [6, 6.07) is 8.65. The number of hydrogen-bond donors (Lipinski definition) is 2. The Morgan fingerprint density at radius 3 is 3.00 bits per heavy atom. The van der Waals surface area contributed by atoms with Crippen molar-refractivity contribution in [1.29, 1.82) is 0 Å². The first-order valence-corrected chi connectivity index (χ1v) is 4.99. The Bertz CT molecular complexity index is 525. The highest BCUT2D eigenvalue weighted by Crippen LogP contribution is 2.14. The van der Waals surface area contributed by atoms with Gasteiger partial charge in [-0.1, -0.05) is 18.2 Å². The van der Waals surface area contributed by atoms with Crippen LogP contribution in [0, 0.1) is 0 Å². The van der Waals surface area contributed by atoms with E-state index >= 15 is 0 Å². The number of benzene rings is 1. The largest absolute Gasteiger partial charge is 0.480 e. The van der Waals surface area contributed by atoms with E-state index in [0.29, 0.717) is 6.42 Å². The average molecular weight is 216 g/mol. The Kier molecular flexibility index (Phi) is 2.83. The fourth-order valence-corrected chi connectivity index (χ4v) is 1.58. The molecule has 4 heteroatoms. The van der Waals surface area contributed by atoms with Gasteiger partial charge in [0.05, 0.1) is 5.52 Å². The number of pyridine rings is 1. The molecule has 1 aromatic heterocycles. The second-order valence-corrected chi connectivity index (χ2v) is 3.68. The van der Waals surface area contributed by atoms with Crippen LogP contribution in [-0.2, 0) is 11.2 Å². The molecule has 0 radical (unpaired) electrons. The highest BCUT2D eigenvalue weighted by Gasteiger charge is 2.12. The smallest absolute Gasteiger partial charge is 0.320 e. The van der Waals surface area contributed by atoms with Gasteiger partial charge in [0, 0.05) is 11.6 Å². The summed E-state index contributed by atoms with van der Waals surface area (Å²) in [6.45, 7) is 0. The van der Waals surface area contributed by atoms with Gasteiger partial charge >= 0.3 is 5.97 Å². The van der Waals surface area contributed by atoms with E-state index in [-0.39, 0.29) is 0 Å². The molecule has 0 saturated heterocycles. The van der Waals surface area contributed by atoms with Crippen molar-refractivity contribution in [3.05, 3.63) is 42.1 Å². The van der Waals surface area contributed by atoms with Crippen molar-refractivity contribution in [2.45, 2.75) is 12.5 Å². The van der Waals surface area contributed by atoms with E-state index in [4.69, 9.17) is 10.8 Å². The molecule has 0 unspecified atom stereocenters. The minimum absolute atomic E-state index is 0.321. The Morgan fingerprint density at radius 1 is 1.44 bits per heavy atom. The minimum atomic E-state index is -0.985. The van der Waals surface area contributed by atoms with Crippen molar-refractivity contribution in [2.75, 3.05) is 0 Å². The molecule has 0 aliphatic carbocycles. The molecule has 0 fully saturated rings. The van der Waals surface area contributed by atoms with Gasteiger partial charge < -0.3 is 10.8 Å². The van der Waals surface area contributed by atoms with Crippen molar-refractivity contribution < 1.29 is 9.90 Å². The lowest BCUT2D eigenvalue weighted by molar-refractivity contribution is -0.138. The van der Waals surface area contributed by atoms with Crippen molar-refractivity contribution in [1.82, 2.24) is 4.98 Å². The molecule has 1 heterocycles. The van der Waals surface area contributed by atoms with Gasteiger partial charge in [0.1, 0.15) is 6.04 Å². The van der Waals surface area contributed by atoms with Gasteiger partial charge in [-0.2, -0.15) is 0 Å². The third-order valence-corrected chi connectivity index (χ3v) is 2.44. The van der Waals surface area contributed by atoms with Gasteiger partial charge in [-0.15, -0.1) is 0 Å². The van der Waals surface area contributed by atoms with Crippen LogP contribution in [-0.4, -0.2) is 22.1 Å². The Morgan fingerprint density at radius 2 is 2.25 bits per heavy atom. The van der Waals surface area contributed by atoms with E-state index < -0.39 is 12.0 Å². The summed E-state index contributed by atoms with van der Waals surface area (Å²) in [6.07, 6.45) is 2.03. The van der Waals surface area contributed by atoms with Crippen LogP contribution in [0.25, 0.3) is 10.9 Å². The van der Waals surface area contributed by atoms with E-state index in [2.05, 4.69) is 4.98 Å². The summed E-state index contributed by atoms with van der Waals surface area (Å²) in [5.74, 6) is -0.985. The van der Waals surface area contributed by atoms with Gasteiger partial charge in [-0.3, -0.25) is 9.78 Å². The topological polar surface area (TPSA) is 76.2 Å². The van der Waals surface area contributed by atoms with E-state index in [1.54, 1.807) is 6.20 Å². The molecule has 3 N–H and O–H groups in total. The summed E-state index contributed by atoms with van der Waals surface area (Å²) >= 11 is 0. The molecule has 4 nitrogen and oxygen atoms in total. The summed E-state index contributed by atoms with van der Waals surface area (Å²) in [5.41, 5.74) is 7.22. The standard InChI is InChI=1S/C12H12N2O2/c13-10(12(15)16)6-8-3-4-9-2-1-5-14-11(9)7-8/h1-5,7,10H,6,13H2,(H,15,16)/t10-/m0/s1. The molecule has 2 aromatic rings. The zero-order valence-corrected chi connectivity index (χ0v) is 8.63. The number of aromatic nitrogens is 1. The fourth-order valence-electron chi connectivity index (χ4n) is 1.58. The fraction of sp³-hybridized carbons (Fsp3) is 0.167. The number of carbonyl (C=O) groups is 1. The van der Waals surface area contributed by atoms with Gasteiger partial charge in [0.2, 0.25) is 0 Å². The Balaban J connectivity index is 2.29. The number of nitrogens with two attached hydrogens (primary N) is 1. The monoisotopic (exact) mass is 216 g/mol. The van der Waals surface area contributed by atoms with Crippen LogP contribution in [0.2, 0.25) is 0 Å². The Labute approximate surface area is 92.7 Å². The van der Waals surface area contributed by atoms with Gasteiger partial charge in [-0.25, -0.2) is 0 Å². The predicted molar refractivity (Wildman–Crippen MR) is 61.1 cm³/mol. The number of hydrogen-bond acceptors (Lipinski definition) is 3. The number of nitrogens with zero attached hydrogens (tertiary/aromatic N) is 1. The SMILES string of the molecule is N[C@@H](Cc1ccc2cccnc2c1)C(=O)O. The molecule has 0 aliphatic heterocycles. The molecule has 0 spiro atoms. The van der Waals surface area contributed by atoms with Crippen molar-refractivity contribution in [3.63, 3.8) is 0 Å². The number of carboxylic acid groups (broad SMARTS) is 1. The van der Waals surface area contributed by atoms with Gasteiger partial charge in [0.15, 0.2) is 0 Å². The third kappa shape index (κ3) is 2.17. The summed E-state index contributed by atoms with van der Waals surface area (Å²) in [7, 11) is 0. The van der Waals surface area contributed by atoms with Crippen LogP contribution in [0.1, 0.15) is 5.56 Å². The second-order valence-electron chi connectivity index (χ2n) is 3.68. The van der Waals surface area contributed by atoms with Crippen molar-refractivity contribution in [2.24, 2.45) is 5.73 Å². The van der Waals surface area contributed by atoms with Crippen LogP contribution in [0.15, 0.2) is 36.5 Å². The molecule has 16 heavy (non-hydrogen) atoms. The first-order valence-electron chi connectivity index (χ1n) is 4.99. The number of carboxylic acids is 1. The Hall–Kier alpha value is -1.94.